The van der Waals surface area contributed by atoms with Gasteiger partial charge in [0.25, 0.3) is 0 Å². The van der Waals surface area contributed by atoms with Crippen LogP contribution in [0.5, 0.6) is 5.75 Å². The summed E-state index contributed by atoms with van der Waals surface area (Å²) in [5, 5.41) is 0. The average molecular weight is 367 g/mol. The molecule has 1 aliphatic heterocycles. The highest BCUT2D eigenvalue weighted by molar-refractivity contribution is 5.78. The van der Waals surface area contributed by atoms with Crippen LogP contribution in [0.2, 0.25) is 0 Å². The minimum Gasteiger partial charge on any atom is -0.488 e. The van der Waals surface area contributed by atoms with Crippen molar-refractivity contribution < 1.29 is 14.3 Å². The van der Waals surface area contributed by atoms with Gasteiger partial charge in [-0.15, -0.1) is 6.58 Å². The monoisotopic (exact) mass is 366 g/mol. The Labute approximate surface area is 162 Å². The van der Waals surface area contributed by atoms with Crippen molar-refractivity contribution in [2.24, 2.45) is 23.7 Å². The third kappa shape index (κ3) is 2.43. The van der Waals surface area contributed by atoms with E-state index in [1.165, 1.54) is 17.5 Å². The van der Waals surface area contributed by atoms with Crippen molar-refractivity contribution in [3.63, 3.8) is 0 Å². The molecule has 1 spiro atoms. The molecular formula is C24H30O3. The lowest BCUT2D eigenvalue weighted by Gasteiger charge is -2.47. The maximum absolute atomic E-state index is 12.9. The second kappa shape index (κ2) is 5.62. The smallest absolute Gasteiger partial charge is 0.310 e. The van der Waals surface area contributed by atoms with Crippen LogP contribution >= 0.6 is 0 Å². The number of aryl methyl sites for hydroxylation is 1. The van der Waals surface area contributed by atoms with Gasteiger partial charge in [0, 0.05) is 24.2 Å². The molecular weight excluding hydrogens is 336 g/mol. The number of hydrogen-bond acceptors (Lipinski definition) is 3. The first-order valence-corrected chi connectivity index (χ1v) is 10.5. The molecule has 2 saturated carbocycles. The number of ether oxygens (including phenoxy) is 2. The van der Waals surface area contributed by atoms with E-state index < -0.39 is 0 Å². The Morgan fingerprint density at radius 3 is 2.81 bits per heavy atom. The average Bonchev–Trinajstić information content (AvgIpc) is 3.11. The van der Waals surface area contributed by atoms with E-state index in [1.54, 1.807) is 0 Å². The van der Waals surface area contributed by atoms with Gasteiger partial charge in [0.15, 0.2) is 0 Å². The number of esters is 1. The van der Waals surface area contributed by atoms with E-state index in [1.807, 2.05) is 6.08 Å². The van der Waals surface area contributed by atoms with Crippen LogP contribution in [0.3, 0.4) is 0 Å². The van der Waals surface area contributed by atoms with Gasteiger partial charge in [-0.2, -0.15) is 0 Å². The molecule has 1 saturated heterocycles. The SMILES string of the molecule is C=C[C@H]1CC[C@@H]2[C@H]3CCc4cc(OC(C)(C)C)ccc4[C@@H]3[C@@H]3C[C@@]21OC3=O. The summed E-state index contributed by atoms with van der Waals surface area (Å²) in [5.74, 6) is 2.68. The summed E-state index contributed by atoms with van der Waals surface area (Å²) in [4.78, 5) is 12.9. The van der Waals surface area contributed by atoms with E-state index >= 15 is 0 Å². The molecule has 1 heterocycles. The van der Waals surface area contributed by atoms with Crippen LogP contribution < -0.4 is 4.74 Å². The van der Waals surface area contributed by atoms with Crippen molar-refractivity contribution in [1.29, 1.82) is 0 Å². The van der Waals surface area contributed by atoms with Crippen LogP contribution in [0.1, 0.15) is 63.5 Å². The zero-order valence-corrected chi connectivity index (χ0v) is 16.7. The Hall–Kier alpha value is -1.77. The van der Waals surface area contributed by atoms with Gasteiger partial charge in [0.05, 0.1) is 5.92 Å². The Kier molecular flexibility index (Phi) is 3.61. The summed E-state index contributed by atoms with van der Waals surface area (Å²) < 4.78 is 12.2. The number of rotatable bonds is 2. The summed E-state index contributed by atoms with van der Waals surface area (Å²) in [6, 6.07) is 6.53. The van der Waals surface area contributed by atoms with E-state index in [4.69, 9.17) is 9.47 Å². The topological polar surface area (TPSA) is 35.5 Å². The predicted octanol–water partition coefficient (Wildman–Crippen LogP) is 5.04. The summed E-state index contributed by atoms with van der Waals surface area (Å²) in [6.07, 6.45) is 7.43. The van der Waals surface area contributed by atoms with Crippen molar-refractivity contribution >= 4 is 5.97 Å². The first-order valence-electron chi connectivity index (χ1n) is 10.5. The fraction of sp³-hybridized carbons (Fsp3) is 0.625. The third-order valence-electron chi connectivity index (χ3n) is 7.52. The van der Waals surface area contributed by atoms with Gasteiger partial charge in [-0.25, -0.2) is 0 Å². The number of carbonyl (C=O) groups is 1. The predicted molar refractivity (Wildman–Crippen MR) is 105 cm³/mol. The van der Waals surface area contributed by atoms with Gasteiger partial charge < -0.3 is 9.47 Å². The van der Waals surface area contributed by atoms with E-state index in [-0.39, 0.29) is 23.1 Å². The lowest BCUT2D eigenvalue weighted by Crippen LogP contribution is -2.48. The minimum atomic E-state index is -0.253. The van der Waals surface area contributed by atoms with Crippen LogP contribution in [0.25, 0.3) is 0 Å². The lowest BCUT2D eigenvalue weighted by atomic mass is 9.56. The molecule has 1 aromatic carbocycles. The molecule has 0 radical (unpaired) electrons. The van der Waals surface area contributed by atoms with Gasteiger partial charge in [0.2, 0.25) is 0 Å². The first kappa shape index (κ1) is 17.3. The summed E-state index contributed by atoms with van der Waals surface area (Å²) >= 11 is 0. The normalized spacial score (nSPS) is 39.2. The fourth-order valence-corrected chi connectivity index (χ4v) is 6.72. The lowest BCUT2D eigenvalue weighted by molar-refractivity contribution is -0.154. The molecule has 0 aromatic heterocycles. The van der Waals surface area contributed by atoms with Crippen molar-refractivity contribution in [3.05, 3.63) is 42.0 Å². The summed E-state index contributed by atoms with van der Waals surface area (Å²) in [7, 11) is 0. The van der Waals surface area contributed by atoms with Gasteiger partial charge in [-0.1, -0.05) is 12.1 Å². The Bertz CT molecular complexity index is 804. The zero-order chi connectivity index (χ0) is 19.0. The Morgan fingerprint density at radius 2 is 2.07 bits per heavy atom. The van der Waals surface area contributed by atoms with E-state index in [9.17, 15) is 4.79 Å². The second-order valence-electron chi connectivity index (χ2n) is 10.0. The molecule has 0 unspecified atom stereocenters. The molecule has 6 atom stereocenters. The minimum absolute atomic E-state index is 0.0141. The highest BCUT2D eigenvalue weighted by atomic mass is 16.6. The number of benzene rings is 1. The molecule has 3 fully saturated rings. The fourth-order valence-electron chi connectivity index (χ4n) is 6.72. The quantitative estimate of drug-likeness (QED) is 0.543. The molecule has 0 amide bonds. The molecule has 0 N–H and O–H groups in total. The van der Waals surface area contributed by atoms with Crippen molar-refractivity contribution in [2.75, 3.05) is 0 Å². The van der Waals surface area contributed by atoms with Crippen LogP contribution in [0, 0.1) is 23.7 Å². The molecule has 1 aromatic rings. The first-order chi connectivity index (χ1) is 12.8. The van der Waals surface area contributed by atoms with Crippen LogP contribution in [0.15, 0.2) is 30.9 Å². The third-order valence-corrected chi connectivity index (χ3v) is 7.52. The second-order valence-corrected chi connectivity index (χ2v) is 10.0. The number of fused-ring (bicyclic) bond motifs is 6. The van der Waals surface area contributed by atoms with E-state index in [2.05, 4.69) is 45.5 Å². The molecule has 144 valence electrons. The number of hydrogen-bond donors (Lipinski definition) is 0. The van der Waals surface area contributed by atoms with Crippen LogP contribution in [-0.4, -0.2) is 17.2 Å². The molecule has 3 heteroatoms. The van der Waals surface area contributed by atoms with Crippen molar-refractivity contribution in [2.45, 2.75) is 70.0 Å². The van der Waals surface area contributed by atoms with Crippen molar-refractivity contribution in [3.8, 4) is 5.75 Å². The van der Waals surface area contributed by atoms with Gasteiger partial charge in [-0.3, -0.25) is 4.79 Å². The van der Waals surface area contributed by atoms with E-state index in [0.717, 1.165) is 31.4 Å². The van der Waals surface area contributed by atoms with Gasteiger partial charge in [-0.05, 0) is 75.6 Å². The molecule has 2 bridgehead atoms. The van der Waals surface area contributed by atoms with Crippen molar-refractivity contribution in [1.82, 2.24) is 0 Å². The maximum Gasteiger partial charge on any atom is 0.310 e. The summed E-state index contributed by atoms with van der Waals surface area (Å²) in [5.41, 5.74) is 2.28. The largest absolute Gasteiger partial charge is 0.488 e. The molecule has 4 aliphatic rings. The van der Waals surface area contributed by atoms with Crippen LogP contribution in [-0.2, 0) is 16.0 Å². The highest BCUT2D eigenvalue weighted by Crippen LogP contribution is 2.65. The molecule has 3 aliphatic carbocycles. The molecule has 5 rings (SSSR count). The standard InChI is InChI=1S/C24H30O3/c1-5-15-7-11-20-18-9-6-14-12-16(26-23(2,3)4)8-10-17(14)21(18)19-13-24(15,20)27-22(19)25/h5,8,10,12,15,18-21H,1,6-7,9,11,13H2,2-4H3/t15-,18+,19-,20+,21-,24-/m0/s1. The molecule has 27 heavy (non-hydrogen) atoms. The Balaban J connectivity index is 1.53. The molecule has 3 nitrogen and oxygen atoms in total. The highest BCUT2D eigenvalue weighted by Gasteiger charge is 2.67. The van der Waals surface area contributed by atoms with Crippen LogP contribution in [0.4, 0.5) is 0 Å². The number of carbonyl (C=O) groups excluding carboxylic acids is 1. The summed E-state index contributed by atoms with van der Waals surface area (Å²) in [6.45, 7) is 10.3. The van der Waals surface area contributed by atoms with Gasteiger partial charge in [0.1, 0.15) is 17.0 Å². The zero-order valence-electron chi connectivity index (χ0n) is 16.7. The van der Waals surface area contributed by atoms with E-state index in [0.29, 0.717) is 23.7 Å². The Morgan fingerprint density at radius 1 is 1.26 bits per heavy atom. The maximum atomic E-state index is 12.9. The van der Waals surface area contributed by atoms with Gasteiger partial charge >= 0.3 is 5.97 Å².